The van der Waals surface area contributed by atoms with E-state index in [0.717, 1.165) is 23.2 Å². The number of hydrogen-bond acceptors (Lipinski definition) is 3. The lowest BCUT2D eigenvalue weighted by Gasteiger charge is -2.00. The quantitative estimate of drug-likeness (QED) is 0.860. The molecule has 1 aromatic carbocycles. The average Bonchev–Trinajstić information content (AvgIpc) is 2.67. The molecule has 0 aliphatic carbocycles. The van der Waals surface area contributed by atoms with E-state index in [1.807, 2.05) is 37.3 Å². The number of nitrogens with two attached hydrogens (primary N) is 1. The van der Waals surface area contributed by atoms with Gasteiger partial charge in [-0.15, -0.1) is 0 Å². The molecule has 0 aliphatic rings. The highest BCUT2D eigenvalue weighted by Gasteiger charge is 2.16. The van der Waals surface area contributed by atoms with Crippen LogP contribution in [-0.4, -0.2) is 20.9 Å². The van der Waals surface area contributed by atoms with Gasteiger partial charge in [0.1, 0.15) is 12.4 Å². The summed E-state index contributed by atoms with van der Waals surface area (Å²) in [5.74, 6) is -0.523. The molecule has 3 N–H and O–H groups in total. The number of aromatic nitrogens is 2. The zero-order chi connectivity index (χ0) is 13.1. The topological polar surface area (TPSA) is 81.1 Å². The Bertz CT molecular complexity index is 561. The number of aliphatic carboxylic acids is 1. The first kappa shape index (κ1) is 12.2. The number of benzene rings is 1. The van der Waals surface area contributed by atoms with E-state index in [-0.39, 0.29) is 6.54 Å². The molecular formula is C13H15N3O2. The van der Waals surface area contributed by atoms with Gasteiger partial charge in [-0.2, -0.15) is 5.10 Å². The molecule has 0 amide bonds. The highest BCUT2D eigenvalue weighted by Crippen LogP contribution is 2.27. The standard InChI is InChI=1S/C13H15N3O2/c1-2-10-12(9-6-4-3-5-7-9)15-16(13(10)14)8-11(17)18/h3-7H,2,8,14H2,1H3,(H,17,18). The fourth-order valence-electron chi connectivity index (χ4n) is 1.94. The molecular weight excluding hydrogens is 230 g/mol. The van der Waals surface area contributed by atoms with Crippen LogP contribution >= 0.6 is 0 Å². The van der Waals surface area contributed by atoms with E-state index < -0.39 is 5.97 Å². The number of nitrogens with zero attached hydrogens (tertiary/aromatic N) is 2. The van der Waals surface area contributed by atoms with Crippen molar-refractivity contribution in [3.05, 3.63) is 35.9 Å². The monoisotopic (exact) mass is 245 g/mol. The van der Waals surface area contributed by atoms with Gasteiger partial charge in [0.2, 0.25) is 0 Å². The minimum atomic E-state index is -0.952. The fraction of sp³-hybridized carbons (Fsp3) is 0.231. The van der Waals surface area contributed by atoms with Crippen molar-refractivity contribution >= 4 is 11.8 Å². The van der Waals surface area contributed by atoms with Gasteiger partial charge in [-0.25, -0.2) is 4.68 Å². The summed E-state index contributed by atoms with van der Waals surface area (Å²) in [5, 5.41) is 13.1. The Balaban J connectivity index is 2.51. The molecule has 0 saturated heterocycles. The third-order valence-corrected chi connectivity index (χ3v) is 2.78. The molecule has 0 bridgehead atoms. The number of carboxylic acids is 1. The van der Waals surface area contributed by atoms with Crippen molar-refractivity contribution in [1.82, 2.24) is 9.78 Å². The van der Waals surface area contributed by atoms with Crippen LogP contribution in [-0.2, 0) is 17.8 Å². The van der Waals surface area contributed by atoms with Gasteiger partial charge in [0.15, 0.2) is 0 Å². The van der Waals surface area contributed by atoms with Crippen molar-refractivity contribution in [2.24, 2.45) is 0 Å². The highest BCUT2D eigenvalue weighted by atomic mass is 16.4. The molecule has 0 atom stereocenters. The fourth-order valence-corrected chi connectivity index (χ4v) is 1.94. The molecule has 0 saturated carbocycles. The Hall–Kier alpha value is -2.30. The van der Waals surface area contributed by atoms with Crippen LogP contribution in [0.4, 0.5) is 5.82 Å². The average molecular weight is 245 g/mol. The summed E-state index contributed by atoms with van der Waals surface area (Å²) in [6.07, 6.45) is 0.718. The summed E-state index contributed by atoms with van der Waals surface area (Å²) in [5.41, 5.74) is 8.54. The van der Waals surface area contributed by atoms with Crippen LogP contribution in [0.1, 0.15) is 12.5 Å². The third-order valence-electron chi connectivity index (χ3n) is 2.78. The Kier molecular flexibility index (Phi) is 3.32. The van der Waals surface area contributed by atoms with E-state index in [9.17, 15) is 4.79 Å². The van der Waals surface area contributed by atoms with E-state index in [4.69, 9.17) is 10.8 Å². The number of rotatable bonds is 4. The van der Waals surface area contributed by atoms with Gasteiger partial charge in [0.05, 0.1) is 5.69 Å². The van der Waals surface area contributed by atoms with E-state index in [0.29, 0.717) is 5.82 Å². The van der Waals surface area contributed by atoms with Crippen molar-refractivity contribution in [3.8, 4) is 11.3 Å². The number of hydrogen-bond donors (Lipinski definition) is 2. The van der Waals surface area contributed by atoms with Gasteiger partial charge in [0.25, 0.3) is 0 Å². The van der Waals surface area contributed by atoms with Gasteiger partial charge in [-0.05, 0) is 6.42 Å². The zero-order valence-corrected chi connectivity index (χ0v) is 10.1. The van der Waals surface area contributed by atoms with Gasteiger partial charge in [0, 0.05) is 11.1 Å². The molecule has 94 valence electrons. The summed E-state index contributed by atoms with van der Waals surface area (Å²) in [4.78, 5) is 10.7. The van der Waals surface area contributed by atoms with Gasteiger partial charge in [-0.1, -0.05) is 37.3 Å². The molecule has 0 aliphatic heterocycles. The maximum atomic E-state index is 10.7. The predicted octanol–water partition coefficient (Wildman–Crippen LogP) is 1.78. The minimum absolute atomic E-state index is 0.217. The SMILES string of the molecule is CCc1c(-c2ccccc2)nn(CC(=O)O)c1N. The van der Waals surface area contributed by atoms with Crippen LogP contribution < -0.4 is 5.73 Å². The molecule has 0 unspecified atom stereocenters. The van der Waals surface area contributed by atoms with Gasteiger partial charge >= 0.3 is 5.97 Å². The molecule has 2 rings (SSSR count). The smallest absolute Gasteiger partial charge is 0.325 e. The molecule has 5 nitrogen and oxygen atoms in total. The van der Waals surface area contributed by atoms with Crippen molar-refractivity contribution in [2.75, 3.05) is 5.73 Å². The van der Waals surface area contributed by atoms with Gasteiger partial charge in [-0.3, -0.25) is 4.79 Å². The second kappa shape index (κ2) is 4.91. The third kappa shape index (κ3) is 2.20. The lowest BCUT2D eigenvalue weighted by atomic mass is 10.1. The summed E-state index contributed by atoms with van der Waals surface area (Å²) in [6.45, 7) is 1.76. The predicted molar refractivity (Wildman–Crippen MR) is 69.1 cm³/mol. The van der Waals surface area contributed by atoms with E-state index >= 15 is 0 Å². The van der Waals surface area contributed by atoms with Crippen LogP contribution in [0.25, 0.3) is 11.3 Å². The number of nitrogen functional groups attached to an aromatic ring is 1. The first-order valence-corrected chi connectivity index (χ1v) is 5.75. The van der Waals surface area contributed by atoms with Crippen LogP contribution in [0.3, 0.4) is 0 Å². The van der Waals surface area contributed by atoms with Crippen LogP contribution in [0.5, 0.6) is 0 Å². The molecule has 18 heavy (non-hydrogen) atoms. The lowest BCUT2D eigenvalue weighted by molar-refractivity contribution is -0.137. The summed E-state index contributed by atoms with van der Waals surface area (Å²) < 4.78 is 1.34. The highest BCUT2D eigenvalue weighted by molar-refractivity contribution is 5.71. The minimum Gasteiger partial charge on any atom is -0.480 e. The summed E-state index contributed by atoms with van der Waals surface area (Å²) >= 11 is 0. The molecule has 0 radical (unpaired) electrons. The van der Waals surface area contributed by atoms with E-state index in [2.05, 4.69) is 5.10 Å². The maximum absolute atomic E-state index is 10.7. The summed E-state index contributed by atoms with van der Waals surface area (Å²) in [6, 6.07) is 9.63. The second-order valence-corrected chi connectivity index (χ2v) is 3.98. The second-order valence-electron chi connectivity index (χ2n) is 3.98. The number of carboxylic acid groups (broad SMARTS) is 1. The van der Waals surface area contributed by atoms with Crippen LogP contribution in [0.2, 0.25) is 0 Å². The molecule has 5 heteroatoms. The van der Waals surface area contributed by atoms with Crippen molar-refractivity contribution in [1.29, 1.82) is 0 Å². The van der Waals surface area contributed by atoms with Crippen LogP contribution in [0, 0.1) is 0 Å². The lowest BCUT2D eigenvalue weighted by Crippen LogP contribution is -2.12. The largest absolute Gasteiger partial charge is 0.480 e. The van der Waals surface area contributed by atoms with Crippen molar-refractivity contribution in [2.45, 2.75) is 19.9 Å². The Labute approximate surface area is 105 Å². The molecule has 0 spiro atoms. The molecule has 1 heterocycles. The first-order chi connectivity index (χ1) is 8.63. The summed E-state index contributed by atoms with van der Waals surface area (Å²) in [7, 11) is 0. The normalized spacial score (nSPS) is 10.5. The van der Waals surface area contributed by atoms with E-state index in [1.165, 1.54) is 4.68 Å². The van der Waals surface area contributed by atoms with Crippen molar-refractivity contribution < 1.29 is 9.90 Å². The van der Waals surface area contributed by atoms with Gasteiger partial charge < -0.3 is 10.8 Å². The molecule has 1 aromatic heterocycles. The zero-order valence-electron chi connectivity index (χ0n) is 10.1. The van der Waals surface area contributed by atoms with Crippen LogP contribution in [0.15, 0.2) is 30.3 Å². The molecule has 0 fully saturated rings. The first-order valence-electron chi connectivity index (χ1n) is 5.75. The maximum Gasteiger partial charge on any atom is 0.325 e. The molecule has 2 aromatic rings. The number of carbonyl (C=O) groups is 1. The Morgan fingerprint density at radius 3 is 2.61 bits per heavy atom. The Morgan fingerprint density at radius 2 is 2.06 bits per heavy atom. The van der Waals surface area contributed by atoms with Crippen molar-refractivity contribution in [3.63, 3.8) is 0 Å². The number of anilines is 1. The Morgan fingerprint density at radius 1 is 1.39 bits per heavy atom. The van der Waals surface area contributed by atoms with E-state index in [1.54, 1.807) is 0 Å².